The number of rotatable bonds is 8. The third-order valence-corrected chi connectivity index (χ3v) is 14.2. The molecular weight excluding hydrogens is 808 g/mol. The number of halogens is 3. The third kappa shape index (κ3) is 6.53. The van der Waals surface area contributed by atoms with E-state index in [4.69, 9.17) is 26.4 Å². The smallest absolute Gasteiger partial charge is 0.301 e. The van der Waals surface area contributed by atoms with E-state index >= 15 is 8.78 Å². The average molecular weight is 854 g/mol. The minimum atomic E-state index is -3.13. The summed E-state index contributed by atoms with van der Waals surface area (Å²) in [6.07, 6.45) is 5.92. The number of hydrogen-bond acceptors (Lipinski definition) is 12. The fourth-order valence-electron chi connectivity index (χ4n) is 10.3. The van der Waals surface area contributed by atoms with Crippen LogP contribution < -0.4 is 36.0 Å². The molecule has 2 saturated carbocycles. The maximum atomic E-state index is 15.2. The van der Waals surface area contributed by atoms with Gasteiger partial charge in [-0.1, -0.05) is 11.6 Å². The van der Waals surface area contributed by atoms with Crippen molar-refractivity contribution in [1.29, 1.82) is 0 Å². The molecule has 3 saturated heterocycles. The summed E-state index contributed by atoms with van der Waals surface area (Å²) in [5.41, 5.74) is 4.01. The van der Waals surface area contributed by atoms with Crippen LogP contribution >= 0.6 is 11.6 Å². The lowest BCUT2D eigenvalue weighted by Gasteiger charge is -2.37. The quantitative estimate of drug-likeness (QED) is 0.177. The molecule has 7 heterocycles. The van der Waals surface area contributed by atoms with Gasteiger partial charge in [-0.05, 0) is 74.4 Å². The molecule has 3 N–H and O–H groups in total. The fourth-order valence-corrected chi connectivity index (χ4v) is 10.5. The van der Waals surface area contributed by atoms with E-state index in [9.17, 15) is 14.4 Å². The maximum absolute atomic E-state index is 15.2. The van der Waals surface area contributed by atoms with Crippen LogP contribution in [0, 0.1) is 11.3 Å². The minimum Gasteiger partial charge on any atom is -0.480 e. The molecule has 2 aromatic carbocycles. The number of piperidine rings is 2. The Labute approximate surface area is 354 Å². The second-order valence-electron chi connectivity index (χ2n) is 17.8. The number of amides is 2. The zero-order valence-electron chi connectivity index (χ0n) is 33.9. The first-order chi connectivity index (χ1) is 29.4. The van der Waals surface area contributed by atoms with Gasteiger partial charge in [-0.15, -0.1) is 0 Å². The van der Waals surface area contributed by atoms with Crippen molar-refractivity contribution < 1.29 is 23.1 Å². The largest absolute Gasteiger partial charge is 0.480 e. The van der Waals surface area contributed by atoms with Crippen LogP contribution in [-0.2, 0) is 23.7 Å². The topological polar surface area (TPSA) is 155 Å². The molecule has 4 aliphatic heterocycles. The molecule has 2 amide bonds. The number of alkyl halides is 2. The zero-order valence-corrected chi connectivity index (χ0v) is 34.6. The van der Waals surface area contributed by atoms with Gasteiger partial charge in [0.1, 0.15) is 5.02 Å². The molecule has 3 aromatic heterocycles. The molecule has 11 rings (SSSR count). The number of aryl methyl sites for hydroxylation is 2. The van der Waals surface area contributed by atoms with E-state index in [0.29, 0.717) is 65.1 Å². The summed E-state index contributed by atoms with van der Waals surface area (Å²) < 4.78 is 39.2. The van der Waals surface area contributed by atoms with Crippen LogP contribution in [0.25, 0.3) is 21.8 Å². The average Bonchev–Trinajstić information content (AvgIpc) is 4.16. The van der Waals surface area contributed by atoms with Crippen molar-refractivity contribution >= 4 is 74.0 Å². The lowest BCUT2D eigenvalue weighted by Crippen LogP contribution is -2.48. The highest BCUT2D eigenvalue weighted by atomic mass is 35.5. The molecule has 4 atom stereocenters. The second kappa shape index (κ2) is 14.0. The summed E-state index contributed by atoms with van der Waals surface area (Å²) in [7, 11) is 3.51. The molecular formula is C43H46ClF2N11O4. The summed E-state index contributed by atoms with van der Waals surface area (Å²) in [5.74, 6) is -3.32. The van der Waals surface area contributed by atoms with E-state index in [-0.39, 0.29) is 34.6 Å². The second-order valence-corrected chi connectivity index (χ2v) is 18.2. The molecule has 6 aliphatic rings. The Morgan fingerprint density at radius 2 is 1.80 bits per heavy atom. The Bertz CT molecular complexity index is 2710. The van der Waals surface area contributed by atoms with Crippen molar-refractivity contribution in [2.75, 3.05) is 66.3 Å². The van der Waals surface area contributed by atoms with Gasteiger partial charge in [-0.25, -0.2) is 13.8 Å². The van der Waals surface area contributed by atoms with Gasteiger partial charge in [-0.2, -0.15) is 10.1 Å². The number of aromatic nitrogens is 5. The van der Waals surface area contributed by atoms with E-state index in [0.717, 1.165) is 74.4 Å². The van der Waals surface area contributed by atoms with Crippen LogP contribution in [0.2, 0.25) is 5.02 Å². The first-order valence-corrected chi connectivity index (χ1v) is 21.5. The summed E-state index contributed by atoms with van der Waals surface area (Å²) in [6, 6.07) is 10.9. The van der Waals surface area contributed by atoms with Crippen molar-refractivity contribution in [3.05, 3.63) is 63.7 Å². The van der Waals surface area contributed by atoms with Gasteiger partial charge in [0, 0.05) is 93.4 Å². The summed E-state index contributed by atoms with van der Waals surface area (Å²) in [6.45, 7) is 4.67. The van der Waals surface area contributed by atoms with Crippen molar-refractivity contribution in [3.63, 3.8) is 0 Å². The monoisotopic (exact) mass is 853 g/mol. The van der Waals surface area contributed by atoms with E-state index < -0.39 is 30.0 Å². The number of ether oxygens (including phenoxy) is 1. The number of carbonyl (C=O) groups excluding carboxylic acids is 2. The van der Waals surface area contributed by atoms with E-state index in [2.05, 4.69) is 53.8 Å². The van der Waals surface area contributed by atoms with Gasteiger partial charge >= 0.3 is 5.92 Å². The van der Waals surface area contributed by atoms with Crippen LogP contribution in [-0.4, -0.2) is 105 Å². The van der Waals surface area contributed by atoms with E-state index in [1.54, 1.807) is 19.3 Å². The number of anilines is 5. The predicted molar refractivity (Wildman–Crippen MR) is 227 cm³/mol. The predicted octanol–water partition coefficient (Wildman–Crippen LogP) is 5.14. The standard InChI is InChI=1S/C43H46ClF2N11O4/c1-53-30-9-5-24(17-28(30)35-36(40(53)60)61-22-43(45,46)37(50-35)23-3-4-23)48-38-29(44)20-47-41(51-38)57-12-11-42(19-32(42)57)21-55-13-15-56(16-14-55)25-6-7-26-31(18-25)54(2)52-34(26)27-8-10-33(58)49-39(27)59/h5-7,9,17-18,20,23,27,32,37,50H,3-4,8,10-16,19,21-22H2,1-2H3,(H,47,48,51)(H,49,58,59). The fraction of sp³-hybridized carbons (Fsp3) is 0.488. The van der Waals surface area contributed by atoms with Crippen LogP contribution in [0.15, 0.2) is 47.4 Å². The molecule has 2 aliphatic carbocycles. The third-order valence-electron chi connectivity index (χ3n) is 13.9. The molecule has 318 valence electrons. The SMILES string of the molecule is Cn1nc(C2CCC(=O)NC2=O)c2ccc(N3CCN(CC45CCN(c6ncc(Cl)c(Nc7ccc8c(c7)c7c(c(=O)n8C)OCC(F)(F)C(C8CC8)N7)n6)C4C5)CC3)cc21. The molecule has 5 fully saturated rings. The lowest BCUT2D eigenvalue weighted by atomic mass is 9.93. The van der Waals surface area contributed by atoms with Crippen molar-refractivity contribution in [1.82, 2.24) is 34.5 Å². The highest BCUT2D eigenvalue weighted by molar-refractivity contribution is 6.33. The molecule has 0 radical (unpaired) electrons. The highest BCUT2D eigenvalue weighted by Crippen LogP contribution is 2.58. The van der Waals surface area contributed by atoms with Crippen LogP contribution in [0.1, 0.15) is 50.1 Å². The molecule has 4 unspecified atom stereocenters. The van der Waals surface area contributed by atoms with Crippen LogP contribution in [0.3, 0.4) is 0 Å². The number of hydrogen-bond donors (Lipinski definition) is 3. The van der Waals surface area contributed by atoms with E-state index in [1.807, 2.05) is 23.9 Å². The van der Waals surface area contributed by atoms with Gasteiger partial charge in [0.05, 0.1) is 40.6 Å². The van der Waals surface area contributed by atoms with Crippen molar-refractivity contribution in [2.45, 2.75) is 62.4 Å². The Balaban J connectivity index is 0.758. The summed E-state index contributed by atoms with van der Waals surface area (Å²) in [5, 5.41) is 15.4. The van der Waals surface area contributed by atoms with Gasteiger partial charge in [0.25, 0.3) is 5.56 Å². The number of piperazine rings is 1. The van der Waals surface area contributed by atoms with Crippen molar-refractivity contribution in [3.8, 4) is 5.75 Å². The first kappa shape index (κ1) is 38.4. The van der Waals surface area contributed by atoms with Crippen LogP contribution in [0.5, 0.6) is 5.75 Å². The molecule has 61 heavy (non-hydrogen) atoms. The van der Waals surface area contributed by atoms with Gasteiger partial charge < -0.3 is 29.7 Å². The molecule has 0 bridgehead atoms. The number of carbonyl (C=O) groups is 2. The first-order valence-electron chi connectivity index (χ1n) is 21.1. The van der Waals surface area contributed by atoms with Crippen LogP contribution in [0.4, 0.5) is 37.6 Å². The lowest BCUT2D eigenvalue weighted by molar-refractivity contribution is -0.134. The zero-order chi connectivity index (χ0) is 41.9. The Morgan fingerprint density at radius 1 is 0.984 bits per heavy atom. The Kier molecular flexibility index (Phi) is 8.80. The number of benzene rings is 2. The number of nitrogens with zero attached hydrogens (tertiary/aromatic N) is 8. The number of fused-ring (bicyclic) bond motifs is 5. The Hall–Kier alpha value is -5.55. The number of pyridine rings is 1. The number of nitrogens with one attached hydrogen (secondary N) is 3. The highest BCUT2D eigenvalue weighted by Gasteiger charge is 2.62. The van der Waals surface area contributed by atoms with E-state index in [1.165, 1.54) is 4.57 Å². The summed E-state index contributed by atoms with van der Waals surface area (Å²) >= 11 is 6.68. The van der Waals surface area contributed by atoms with Gasteiger partial charge in [0.2, 0.25) is 23.5 Å². The Morgan fingerprint density at radius 3 is 2.57 bits per heavy atom. The summed E-state index contributed by atoms with van der Waals surface area (Å²) in [4.78, 5) is 54.5. The maximum Gasteiger partial charge on any atom is 0.301 e. The minimum absolute atomic E-state index is 0.104. The molecule has 18 heteroatoms. The van der Waals surface area contributed by atoms with Crippen molar-refractivity contribution in [2.24, 2.45) is 25.4 Å². The number of imide groups is 1. The van der Waals surface area contributed by atoms with Gasteiger partial charge in [-0.3, -0.25) is 29.3 Å². The van der Waals surface area contributed by atoms with Gasteiger partial charge in [0.15, 0.2) is 12.4 Å². The molecule has 5 aromatic rings. The normalized spacial score (nSPS) is 26.1. The molecule has 15 nitrogen and oxygen atoms in total. The molecule has 0 spiro atoms.